The second-order valence-corrected chi connectivity index (χ2v) is 8.62. The van der Waals surface area contributed by atoms with Crippen molar-refractivity contribution in [3.8, 4) is 0 Å². The minimum atomic E-state index is 0.924. The quantitative estimate of drug-likeness (QED) is 0.469. The molecule has 0 amide bonds. The van der Waals surface area contributed by atoms with E-state index in [-0.39, 0.29) is 0 Å². The summed E-state index contributed by atoms with van der Waals surface area (Å²) in [7, 11) is 0. The summed E-state index contributed by atoms with van der Waals surface area (Å²) in [6.45, 7) is 11.4. The highest BCUT2D eigenvalue weighted by Gasteiger charge is 2.25. The van der Waals surface area contributed by atoms with E-state index in [2.05, 4.69) is 63.8 Å². The molecule has 0 saturated carbocycles. The van der Waals surface area contributed by atoms with E-state index in [0.29, 0.717) is 0 Å². The highest BCUT2D eigenvalue weighted by Crippen LogP contribution is 2.38. The van der Waals surface area contributed by atoms with Crippen molar-refractivity contribution >= 4 is 17.5 Å². The molecule has 1 heteroatoms. The van der Waals surface area contributed by atoms with Crippen molar-refractivity contribution in [1.29, 1.82) is 0 Å². The lowest BCUT2D eigenvalue weighted by Crippen LogP contribution is -2.14. The zero-order valence-corrected chi connectivity index (χ0v) is 18.3. The SMILES string of the molecule is C=C1Cc2c(cc(CCCC)c(C)c2CCCC)C=C1C1=Nc2ccccc2C1. The van der Waals surface area contributed by atoms with E-state index >= 15 is 0 Å². The Morgan fingerprint density at radius 3 is 2.52 bits per heavy atom. The van der Waals surface area contributed by atoms with Gasteiger partial charge in [-0.05, 0) is 95.7 Å². The van der Waals surface area contributed by atoms with Gasteiger partial charge in [-0.3, -0.25) is 4.99 Å². The lowest BCUT2D eigenvalue weighted by atomic mass is 9.79. The number of aliphatic imine (C=N–C) groups is 1. The van der Waals surface area contributed by atoms with E-state index < -0.39 is 0 Å². The van der Waals surface area contributed by atoms with Gasteiger partial charge in [-0.25, -0.2) is 0 Å². The van der Waals surface area contributed by atoms with Crippen LogP contribution in [-0.4, -0.2) is 5.71 Å². The summed E-state index contributed by atoms with van der Waals surface area (Å²) in [4.78, 5) is 4.95. The van der Waals surface area contributed by atoms with Crippen molar-refractivity contribution in [2.24, 2.45) is 4.99 Å². The van der Waals surface area contributed by atoms with Gasteiger partial charge in [-0.2, -0.15) is 0 Å². The first-order chi connectivity index (χ1) is 14.1. The number of fused-ring (bicyclic) bond motifs is 2. The van der Waals surface area contributed by atoms with E-state index in [1.807, 2.05) is 0 Å². The van der Waals surface area contributed by atoms with E-state index in [4.69, 9.17) is 4.99 Å². The molecule has 1 heterocycles. The fourth-order valence-corrected chi connectivity index (χ4v) is 4.78. The Hall–Kier alpha value is -2.41. The second kappa shape index (κ2) is 8.53. The number of hydrogen-bond donors (Lipinski definition) is 0. The molecule has 0 aromatic heterocycles. The van der Waals surface area contributed by atoms with Gasteiger partial charge in [0.15, 0.2) is 0 Å². The molecular formula is C28H33N. The summed E-state index contributed by atoms with van der Waals surface area (Å²) < 4.78 is 0. The summed E-state index contributed by atoms with van der Waals surface area (Å²) in [5.74, 6) is 0. The highest BCUT2D eigenvalue weighted by atomic mass is 14.8. The molecule has 2 aromatic rings. The predicted molar refractivity (Wildman–Crippen MR) is 126 cm³/mol. The Balaban J connectivity index is 1.76. The molecule has 1 nitrogen and oxygen atoms in total. The number of para-hydroxylation sites is 1. The van der Waals surface area contributed by atoms with Gasteiger partial charge in [-0.15, -0.1) is 0 Å². The monoisotopic (exact) mass is 383 g/mol. The lowest BCUT2D eigenvalue weighted by molar-refractivity contribution is 0.766. The average Bonchev–Trinajstić information content (AvgIpc) is 3.15. The number of hydrogen-bond acceptors (Lipinski definition) is 1. The first-order valence-electron chi connectivity index (χ1n) is 11.3. The molecule has 0 unspecified atom stereocenters. The third kappa shape index (κ3) is 3.88. The van der Waals surface area contributed by atoms with Crippen molar-refractivity contribution in [3.05, 3.63) is 81.4 Å². The van der Waals surface area contributed by atoms with E-state index in [1.165, 1.54) is 83.2 Å². The molecule has 4 rings (SSSR count). The molecule has 29 heavy (non-hydrogen) atoms. The Morgan fingerprint density at radius 1 is 1.00 bits per heavy atom. The van der Waals surface area contributed by atoms with Crippen LogP contribution in [0.2, 0.25) is 0 Å². The van der Waals surface area contributed by atoms with Gasteiger partial charge in [-0.1, -0.05) is 57.5 Å². The molecule has 0 fully saturated rings. The topological polar surface area (TPSA) is 12.4 Å². The zero-order chi connectivity index (χ0) is 20.4. The van der Waals surface area contributed by atoms with Crippen molar-refractivity contribution in [2.75, 3.05) is 0 Å². The van der Waals surface area contributed by atoms with Crippen molar-refractivity contribution in [2.45, 2.75) is 72.1 Å². The first-order valence-corrected chi connectivity index (χ1v) is 11.3. The first kappa shape index (κ1) is 19.9. The van der Waals surface area contributed by atoms with Crippen molar-refractivity contribution < 1.29 is 0 Å². The number of unbranched alkanes of at least 4 members (excludes halogenated alkanes) is 2. The summed E-state index contributed by atoms with van der Waals surface area (Å²) >= 11 is 0. The summed E-state index contributed by atoms with van der Waals surface area (Å²) in [6.07, 6.45) is 11.7. The fourth-order valence-electron chi connectivity index (χ4n) is 4.78. The van der Waals surface area contributed by atoms with Crippen molar-refractivity contribution in [3.63, 3.8) is 0 Å². The van der Waals surface area contributed by atoms with Crippen LogP contribution >= 0.6 is 0 Å². The van der Waals surface area contributed by atoms with E-state index in [1.54, 1.807) is 5.56 Å². The van der Waals surface area contributed by atoms with Crippen LogP contribution < -0.4 is 0 Å². The summed E-state index contributed by atoms with van der Waals surface area (Å²) in [6, 6.07) is 11.0. The van der Waals surface area contributed by atoms with Crippen LogP contribution in [0.5, 0.6) is 0 Å². The third-order valence-corrected chi connectivity index (χ3v) is 6.54. The van der Waals surface area contributed by atoms with E-state index in [9.17, 15) is 0 Å². The Kier molecular flexibility index (Phi) is 5.85. The van der Waals surface area contributed by atoms with E-state index in [0.717, 1.165) is 18.5 Å². The zero-order valence-electron chi connectivity index (χ0n) is 18.3. The van der Waals surface area contributed by atoms with Crippen LogP contribution in [0.3, 0.4) is 0 Å². The molecule has 1 aliphatic heterocycles. The summed E-state index contributed by atoms with van der Waals surface area (Å²) in [5, 5.41) is 0. The van der Waals surface area contributed by atoms with Gasteiger partial charge in [0.1, 0.15) is 0 Å². The number of nitrogens with zero attached hydrogens (tertiary/aromatic N) is 1. The smallest absolute Gasteiger partial charge is 0.0669 e. The van der Waals surface area contributed by atoms with Crippen LogP contribution in [0, 0.1) is 6.92 Å². The van der Waals surface area contributed by atoms with Gasteiger partial charge in [0.05, 0.1) is 11.4 Å². The third-order valence-electron chi connectivity index (χ3n) is 6.54. The van der Waals surface area contributed by atoms with Crippen LogP contribution in [0.15, 0.2) is 53.0 Å². The largest absolute Gasteiger partial charge is 0.252 e. The molecule has 2 aliphatic rings. The van der Waals surface area contributed by atoms with Gasteiger partial charge in [0.2, 0.25) is 0 Å². The molecule has 0 saturated heterocycles. The highest BCUT2D eigenvalue weighted by molar-refractivity contribution is 6.12. The minimum Gasteiger partial charge on any atom is -0.252 e. The molecule has 0 bridgehead atoms. The van der Waals surface area contributed by atoms with Crippen LogP contribution in [0.4, 0.5) is 5.69 Å². The van der Waals surface area contributed by atoms with Crippen molar-refractivity contribution in [1.82, 2.24) is 0 Å². The number of rotatable bonds is 7. The normalized spacial score (nSPS) is 15.1. The van der Waals surface area contributed by atoms with Crippen LogP contribution in [-0.2, 0) is 25.7 Å². The Morgan fingerprint density at radius 2 is 1.76 bits per heavy atom. The number of benzene rings is 2. The molecule has 0 spiro atoms. The molecular weight excluding hydrogens is 350 g/mol. The Labute approximate surface area is 176 Å². The molecule has 0 atom stereocenters. The molecule has 0 N–H and O–H groups in total. The molecule has 150 valence electrons. The Bertz CT molecular complexity index is 1000. The minimum absolute atomic E-state index is 0.924. The maximum absolute atomic E-state index is 4.95. The van der Waals surface area contributed by atoms with Crippen LogP contribution in [0.1, 0.15) is 72.9 Å². The lowest BCUT2D eigenvalue weighted by Gasteiger charge is -2.25. The fraction of sp³-hybridized carbons (Fsp3) is 0.393. The van der Waals surface area contributed by atoms with Gasteiger partial charge in [0, 0.05) is 6.42 Å². The summed E-state index contributed by atoms with van der Waals surface area (Å²) in [5.41, 5.74) is 13.7. The molecule has 2 aromatic carbocycles. The van der Waals surface area contributed by atoms with Gasteiger partial charge >= 0.3 is 0 Å². The van der Waals surface area contributed by atoms with Crippen LogP contribution in [0.25, 0.3) is 6.08 Å². The molecule has 0 radical (unpaired) electrons. The maximum Gasteiger partial charge on any atom is 0.0669 e. The second-order valence-electron chi connectivity index (χ2n) is 8.62. The maximum atomic E-state index is 4.95. The van der Waals surface area contributed by atoms with Gasteiger partial charge in [0.25, 0.3) is 0 Å². The predicted octanol–water partition coefficient (Wildman–Crippen LogP) is 7.50. The standard InChI is InChI=1S/C28H33N/c1-5-7-11-21-16-23-17-25(28-18-22-12-9-10-14-27(22)29-28)19(3)15-26(23)24(20(21)4)13-8-6-2/h9-10,12,14,16-17H,3,5-8,11,13,15,18H2,1-2,4H3. The number of aryl methyl sites for hydroxylation is 1. The molecule has 1 aliphatic carbocycles. The average molecular weight is 384 g/mol. The van der Waals surface area contributed by atoms with Gasteiger partial charge < -0.3 is 0 Å². The number of allylic oxidation sites excluding steroid dienone is 2.